The number of carboxylic acids is 1. The lowest BCUT2D eigenvalue weighted by atomic mass is 10.3. The van der Waals surface area contributed by atoms with Crippen LogP contribution in [0.25, 0.3) is 0 Å². The number of urea groups is 1. The lowest BCUT2D eigenvalue weighted by molar-refractivity contribution is -0.138. The third kappa shape index (κ3) is 3.03. The van der Waals surface area contributed by atoms with Crippen LogP contribution in [0, 0.1) is 0 Å². The third-order valence-electron chi connectivity index (χ3n) is 2.17. The summed E-state index contributed by atoms with van der Waals surface area (Å²) in [6, 6.07) is -1.84. The van der Waals surface area contributed by atoms with E-state index in [1.807, 2.05) is 0 Å². The normalized spacial score (nSPS) is 21.1. The zero-order valence-electron chi connectivity index (χ0n) is 8.17. The molecule has 7 heteroatoms. The van der Waals surface area contributed by atoms with E-state index >= 15 is 0 Å². The number of likely N-dealkylation sites (tertiary alicyclic amines) is 1. The van der Waals surface area contributed by atoms with E-state index in [2.05, 4.69) is 5.32 Å². The van der Waals surface area contributed by atoms with E-state index in [1.54, 1.807) is 0 Å². The Morgan fingerprint density at radius 3 is 2.53 bits per heavy atom. The van der Waals surface area contributed by atoms with Gasteiger partial charge >= 0.3 is 12.0 Å². The van der Waals surface area contributed by atoms with Gasteiger partial charge in [-0.25, -0.2) is 13.6 Å². The Balaban J connectivity index is 2.46. The van der Waals surface area contributed by atoms with Crippen LogP contribution in [-0.4, -0.2) is 47.1 Å². The van der Waals surface area contributed by atoms with Crippen molar-refractivity contribution in [2.75, 3.05) is 13.1 Å². The number of alkyl halides is 2. The molecule has 0 aromatic heterocycles. The zero-order chi connectivity index (χ0) is 11.6. The summed E-state index contributed by atoms with van der Waals surface area (Å²) in [7, 11) is 0. The molecule has 0 bridgehead atoms. The molecule has 1 saturated heterocycles. The van der Waals surface area contributed by atoms with Gasteiger partial charge in [0.05, 0.1) is 6.54 Å². The van der Waals surface area contributed by atoms with E-state index in [9.17, 15) is 18.4 Å². The van der Waals surface area contributed by atoms with E-state index < -0.39 is 30.5 Å². The summed E-state index contributed by atoms with van der Waals surface area (Å²) < 4.78 is 25.4. The van der Waals surface area contributed by atoms with Crippen LogP contribution in [0.5, 0.6) is 0 Å². The van der Waals surface area contributed by atoms with Gasteiger partial charge in [0, 0.05) is 13.0 Å². The fraction of sp³-hybridized carbons (Fsp3) is 0.750. The van der Waals surface area contributed by atoms with Crippen LogP contribution < -0.4 is 5.32 Å². The smallest absolute Gasteiger partial charge is 0.325 e. The Bertz CT molecular complexity index is 283. The second kappa shape index (κ2) is 4.00. The summed E-state index contributed by atoms with van der Waals surface area (Å²) in [5, 5.41) is 10.6. The van der Waals surface area contributed by atoms with Gasteiger partial charge in [-0.2, -0.15) is 0 Å². The molecule has 0 unspecified atom stereocenters. The highest BCUT2D eigenvalue weighted by molar-refractivity contribution is 5.82. The van der Waals surface area contributed by atoms with Gasteiger partial charge in [0.2, 0.25) is 0 Å². The second-order valence-electron chi connectivity index (χ2n) is 3.54. The number of carboxylic acid groups (broad SMARTS) is 1. The molecule has 1 aliphatic rings. The Morgan fingerprint density at radius 2 is 2.13 bits per heavy atom. The lowest BCUT2D eigenvalue weighted by Crippen LogP contribution is -2.46. The molecule has 2 N–H and O–H groups in total. The molecule has 2 amide bonds. The molecule has 1 rings (SSSR count). The molecule has 1 heterocycles. The van der Waals surface area contributed by atoms with Gasteiger partial charge in [0.1, 0.15) is 6.04 Å². The highest BCUT2D eigenvalue weighted by atomic mass is 19.3. The molecule has 0 saturated carbocycles. The Morgan fingerprint density at radius 1 is 1.53 bits per heavy atom. The summed E-state index contributed by atoms with van der Waals surface area (Å²) in [4.78, 5) is 22.6. The maximum atomic E-state index is 12.7. The number of hydrogen-bond donors (Lipinski definition) is 2. The molecule has 15 heavy (non-hydrogen) atoms. The number of aliphatic carboxylic acids is 1. The topological polar surface area (TPSA) is 69.6 Å². The number of carbonyl (C=O) groups is 2. The van der Waals surface area contributed by atoms with Crippen molar-refractivity contribution in [2.45, 2.75) is 25.3 Å². The predicted molar refractivity (Wildman–Crippen MR) is 46.8 cm³/mol. The molecule has 0 aromatic carbocycles. The maximum Gasteiger partial charge on any atom is 0.325 e. The van der Waals surface area contributed by atoms with Crippen LogP contribution in [0.2, 0.25) is 0 Å². The van der Waals surface area contributed by atoms with Crippen LogP contribution in [0.1, 0.15) is 13.3 Å². The van der Waals surface area contributed by atoms with E-state index in [0.717, 1.165) is 4.90 Å². The first-order valence-electron chi connectivity index (χ1n) is 4.48. The number of amides is 2. The summed E-state index contributed by atoms with van der Waals surface area (Å²) >= 11 is 0. The summed E-state index contributed by atoms with van der Waals surface area (Å²) in [5.74, 6) is -4.06. The molecule has 86 valence electrons. The molecule has 0 radical (unpaired) electrons. The Kier molecular flexibility index (Phi) is 3.11. The first-order chi connectivity index (χ1) is 6.82. The van der Waals surface area contributed by atoms with Gasteiger partial charge < -0.3 is 15.3 Å². The third-order valence-corrected chi connectivity index (χ3v) is 2.17. The zero-order valence-corrected chi connectivity index (χ0v) is 8.17. The van der Waals surface area contributed by atoms with Crippen LogP contribution in [-0.2, 0) is 4.79 Å². The average Bonchev–Trinajstić information content (AvgIpc) is 2.45. The fourth-order valence-corrected chi connectivity index (χ4v) is 1.25. The van der Waals surface area contributed by atoms with Gasteiger partial charge in [-0.05, 0) is 6.92 Å². The minimum atomic E-state index is -2.86. The Hall–Kier alpha value is -1.40. The van der Waals surface area contributed by atoms with Crippen LogP contribution in [0.15, 0.2) is 0 Å². The van der Waals surface area contributed by atoms with Crippen LogP contribution >= 0.6 is 0 Å². The summed E-state index contributed by atoms with van der Waals surface area (Å²) in [5.41, 5.74) is 0. The molecule has 0 aromatic rings. The Labute approximate surface area is 85.0 Å². The van der Waals surface area contributed by atoms with E-state index in [-0.39, 0.29) is 13.0 Å². The molecule has 1 aliphatic heterocycles. The van der Waals surface area contributed by atoms with Crippen LogP contribution in [0.4, 0.5) is 13.6 Å². The number of nitrogens with one attached hydrogen (secondary N) is 1. The van der Waals surface area contributed by atoms with Gasteiger partial charge in [0.15, 0.2) is 0 Å². The molecule has 1 fully saturated rings. The van der Waals surface area contributed by atoms with Crippen molar-refractivity contribution >= 4 is 12.0 Å². The summed E-state index contributed by atoms with van der Waals surface area (Å²) in [6.45, 7) is 0.574. The number of halogens is 2. The van der Waals surface area contributed by atoms with Crippen molar-refractivity contribution in [1.29, 1.82) is 0 Å². The SMILES string of the molecule is C[C@@H](NC(=O)N1CCC(F)(F)C1)C(=O)O. The predicted octanol–water partition coefficient (Wildman–Crippen LogP) is 0.510. The van der Waals surface area contributed by atoms with Crippen molar-refractivity contribution in [1.82, 2.24) is 10.2 Å². The highest BCUT2D eigenvalue weighted by Crippen LogP contribution is 2.26. The maximum absolute atomic E-state index is 12.7. The minimum Gasteiger partial charge on any atom is -0.480 e. The molecule has 0 spiro atoms. The van der Waals surface area contributed by atoms with Crippen LogP contribution in [0.3, 0.4) is 0 Å². The standard InChI is InChI=1S/C8H12F2N2O3/c1-5(6(13)14)11-7(15)12-3-2-8(9,10)4-12/h5H,2-4H2,1H3,(H,11,15)(H,13,14)/t5-/m1/s1. The van der Waals surface area contributed by atoms with Gasteiger partial charge in [-0.15, -0.1) is 0 Å². The second-order valence-corrected chi connectivity index (χ2v) is 3.54. The fourth-order valence-electron chi connectivity index (χ4n) is 1.25. The van der Waals surface area contributed by atoms with Gasteiger partial charge in [-0.3, -0.25) is 4.79 Å². The van der Waals surface area contributed by atoms with Gasteiger partial charge in [-0.1, -0.05) is 0 Å². The van der Waals surface area contributed by atoms with Crippen molar-refractivity contribution in [3.8, 4) is 0 Å². The molecule has 5 nitrogen and oxygen atoms in total. The molecule has 0 aliphatic carbocycles. The highest BCUT2D eigenvalue weighted by Gasteiger charge is 2.40. The van der Waals surface area contributed by atoms with E-state index in [0.29, 0.717) is 0 Å². The van der Waals surface area contributed by atoms with E-state index in [4.69, 9.17) is 5.11 Å². The average molecular weight is 222 g/mol. The molecule has 1 atom stereocenters. The number of hydrogen-bond acceptors (Lipinski definition) is 2. The summed E-state index contributed by atoms with van der Waals surface area (Å²) in [6.07, 6.45) is -0.373. The monoisotopic (exact) mass is 222 g/mol. The first-order valence-corrected chi connectivity index (χ1v) is 4.48. The minimum absolute atomic E-state index is 0.0504. The van der Waals surface area contributed by atoms with Crippen molar-refractivity contribution in [3.63, 3.8) is 0 Å². The molecular weight excluding hydrogens is 210 g/mol. The number of nitrogens with zero attached hydrogens (tertiary/aromatic N) is 1. The number of rotatable bonds is 2. The van der Waals surface area contributed by atoms with E-state index in [1.165, 1.54) is 6.92 Å². The number of carbonyl (C=O) groups excluding carboxylic acids is 1. The molecular formula is C8H12F2N2O3. The first kappa shape index (κ1) is 11.7. The quantitative estimate of drug-likeness (QED) is 0.715. The largest absolute Gasteiger partial charge is 0.480 e. The van der Waals surface area contributed by atoms with Crippen molar-refractivity contribution in [3.05, 3.63) is 0 Å². The van der Waals surface area contributed by atoms with Crippen molar-refractivity contribution in [2.24, 2.45) is 0 Å². The van der Waals surface area contributed by atoms with Crippen molar-refractivity contribution < 1.29 is 23.5 Å². The lowest BCUT2D eigenvalue weighted by Gasteiger charge is -2.18. The van der Waals surface area contributed by atoms with Gasteiger partial charge in [0.25, 0.3) is 5.92 Å².